The molecular weight excluding hydrogens is 396 g/mol. The minimum atomic E-state index is -0.404. The number of benzene rings is 3. The van der Waals surface area contributed by atoms with E-state index in [-0.39, 0.29) is 12.1 Å². The van der Waals surface area contributed by atoms with Crippen LogP contribution in [0, 0.1) is 18.6 Å². The van der Waals surface area contributed by atoms with Gasteiger partial charge in [-0.1, -0.05) is 48.0 Å². The third kappa shape index (κ3) is 3.50. The fourth-order valence-electron chi connectivity index (χ4n) is 3.98. The highest BCUT2D eigenvalue weighted by atomic mass is 19.1. The number of nitrogens with zero attached hydrogens (tertiary/aromatic N) is 3. The summed E-state index contributed by atoms with van der Waals surface area (Å²) in [4.78, 5) is 13.1. The molecule has 3 aromatic rings. The summed E-state index contributed by atoms with van der Waals surface area (Å²) < 4.78 is 31.4. The Hall–Kier alpha value is -3.80. The first-order valence-electron chi connectivity index (χ1n) is 9.98. The molecule has 0 bridgehead atoms. The van der Waals surface area contributed by atoms with Crippen LogP contribution in [0.1, 0.15) is 16.7 Å². The third-order valence-corrected chi connectivity index (χ3v) is 5.46. The summed E-state index contributed by atoms with van der Waals surface area (Å²) in [6.45, 7) is 2.56. The van der Waals surface area contributed by atoms with Crippen LogP contribution in [-0.2, 0) is 13.1 Å². The van der Waals surface area contributed by atoms with Crippen LogP contribution in [0.4, 0.5) is 8.78 Å². The molecule has 3 aromatic carbocycles. The molecule has 0 atom stereocenters. The number of hydrogen-bond acceptors (Lipinski definition) is 2. The normalized spacial score (nSPS) is 11.5. The molecule has 0 aliphatic carbocycles. The smallest absolute Gasteiger partial charge is 0.278 e. The standard InChI is InChI=1S/C25H19F2N3O/c1-16-5-4-6-17(11-16)13-29-15-21-24(20-12-19(26)9-10-23(20)29)28-30(25(21)31)14-18-7-2-3-8-22(18)27/h2-12,15H,13-14H2,1H3. The highest BCUT2D eigenvalue weighted by molar-refractivity contribution is 5.93. The number of aromatic nitrogens is 3. The van der Waals surface area contributed by atoms with E-state index in [0.29, 0.717) is 28.8 Å². The molecule has 0 aromatic heterocycles. The van der Waals surface area contributed by atoms with Crippen molar-refractivity contribution in [1.29, 1.82) is 0 Å². The van der Waals surface area contributed by atoms with E-state index < -0.39 is 11.6 Å². The first-order valence-corrected chi connectivity index (χ1v) is 9.98. The van der Waals surface area contributed by atoms with Gasteiger partial charge >= 0.3 is 0 Å². The van der Waals surface area contributed by atoms with Gasteiger partial charge in [-0.2, -0.15) is 5.10 Å². The van der Waals surface area contributed by atoms with Crippen molar-refractivity contribution in [3.8, 4) is 11.3 Å². The Balaban J connectivity index is 1.70. The zero-order valence-electron chi connectivity index (χ0n) is 16.8. The molecule has 0 spiro atoms. The molecule has 2 aliphatic rings. The van der Waals surface area contributed by atoms with Gasteiger partial charge in [-0.3, -0.25) is 4.79 Å². The van der Waals surface area contributed by atoms with Crippen molar-refractivity contribution in [2.24, 2.45) is 0 Å². The molecule has 0 fully saturated rings. The number of rotatable bonds is 4. The lowest BCUT2D eigenvalue weighted by atomic mass is 10.1. The van der Waals surface area contributed by atoms with Crippen molar-refractivity contribution in [2.45, 2.75) is 20.0 Å². The van der Waals surface area contributed by atoms with Gasteiger partial charge in [-0.25, -0.2) is 13.5 Å². The van der Waals surface area contributed by atoms with Crippen molar-refractivity contribution < 1.29 is 8.78 Å². The maximum absolute atomic E-state index is 14.1. The molecule has 2 aliphatic heterocycles. The SMILES string of the molecule is Cc1cccc(Cn2cc3c(=O)n(Cc4ccccc4F)nc-3c3cc(F)ccc32)c1. The number of hydrogen-bond donors (Lipinski definition) is 0. The summed E-state index contributed by atoms with van der Waals surface area (Å²) in [6.07, 6.45) is 1.76. The van der Waals surface area contributed by atoms with E-state index in [1.165, 1.54) is 22.9 Å². The van der Waals surface area contributed by atoms with Crippen LogP contribution in [0.5, 0.6) is 0 Å². The van der Waals surface area contributed by atoms with Crippen molar-refractivity contribution in [1.82, 2.24) is 14.3 Å². The minimum Gasteiger partial charge on any atom is -0.342 e. The quantitative estimate of drug-likeness (QED) is 0.415. The Labute approximate surface area is 177 Å². The maximum Gasteiger partial charge on any atom is 0.278 e. The topological polar surface area (TPSA) is 39.8 Å². The van der Waals surface area contributed by atoms with Gasteiger partial charge < -0.3 is 4.57 Å². The molecule has 0 radical (unpaired) electrons. The van der Waals surface area contributed by atoms with Crippen LogP contribution in [0.15, 0.2) is 77.7 Å². The van der Waals surface area contributed by atoms with Gasteiger partial charge in [0.15, 0.2) is 0 Å². The van der Waals surface area contributed by atoms with E-state index in [2.05, 4.69) is 11.2 Å². The number of halogens is 2. The maximum atomic E-state index is 14.1. The second-order valence-electron chi connectivity index (χ2n) is 7.72. The lowest BCUT2D eigenvalue weighted by Gasteiger charge is -2.14. The summed E-state index contributed by atoms with van der Waals surface area (Å²) in [7, 11) is 0. The van der Waals surface area contributed by atoms with Crippen LogP contribution in [-0.4, -0.2) is 14.3 Å². The van der Waals surface area contributed by atoms with Gasteiger partial charge in [-0.05, 0) is 36.8 Å². The van der Waals surface area contributed by atoms with Crippen LogP contribution >= 0.6 is 0 Å². The van der Waals surface area contributed by atoms with Crippen molar-refractivity contribution in [3.05, 3.63) is 112 Å². The van der Waals surface area contributed by atoms with Gasteiger partial charge in [0.2, 0.25) is 0 Å². The summed E-state index contributed by atoms with van der Waals surface area (Å²) in [5, 5.41) is 4.99. The van der Waals surface area contributed by atoms with Gasteiger partial charge in [0.05, 0.1) is 17.6 Å². The summed E-state index contributed by atoms with van der Waals surface area (Å²) in [6, 6.07) is 18.9. The van der Waals surface area contributed by atoms with Crippen LogP contribution in [0.25, 0.3) is 22.2 Å². The average molecular weight is 415 g/mol. The predicted octanol–water partition coefficient (Wildman–Crippen LogP) is 4.99. The molecule has 0 amide bonds. The van der Waals surface area contributed by atoms with Gasteiger partial charge in [0.25, 0.3) is 5.56 Å². The van der Waals surface area contributed by atoms with E-state index in [1.807, 2.05) is 29.7 Å². The van der Waals surface area contributed by atoms with E-state index in [4.69, 9.17) is 0 Å². The number of pyridine rings is 1. The third-order valence-electron chi connectivity index (χ3n) is 5.46. The minimum absolute atomic E-state index is 0.00881. The van der Waals surface area contributed by atoms with E-state index in [1.54, 1.807) is 30.5 Å². The molecule has 6 heteroatoms. The predicted molar refractivity (Wildman–Crippen MR) is 116 cm³/mol. The molecule has 4 nitrogen and oxygen atoms in total. The van der Waals surface area contributed by atoms with E-state index in [0.717, 1.165) is 16.6 Å². The molecular formula is C25H19F2N3O. The Kier molecular flexibility index (Phi) is 4.62. The van der Waals surface area contributed by atoms with E-state index >= 15 is 0 Å². The highest BCUT2D eigenvalue weighted by Gasteiger charge is 2.21. The monoisotopic (exact) mass is 415 g/mol. The Morgan fingerprint density at radius 2 is 1.77 bits per heavy atom. The molecule has 0 saturated carbocycles. The molecule has 0 saturated heterocycles. The van der Waals surface area contributed by atoms with E-state index in [9.17, 15) is 13.6 Å². The van der Waals surface area contributed by atoms with Crippen molar-refractivity contribution >= 4 is 10.9 Å². The molecule has 31 heavy (non-hydrogen) atoms. The largest absolute Gasteiger partial charge is 0.342 e. The first kappa shape index (κ1) is 19.2. The zero-order chi connectivity index (χ0) is 21.5. The molecule has 0 unspecified atom stereocenters. The van der Waals surface area contributed by atoms with Crippen LogP contribution in [0.2, 0.25) is 0 Å². The summed E-state index contributed by atoms with van der Waals surface area (Å²) >= 11 is 0. The lowest BCUT2D eigenvalue weighted by molar-refractivity contribution is 0.581. The summed E-state index contributed by atoms with van der Waals surface area (Å²) in [5.41, 5.74) is 3.81. The van der Waals surface area contributed by atoms with Crippen LogP contribution in [0.3, 0.4) is 0 Å². The molecule has 2 heterocycles. The first-order chi connectivity index (χ1) is 15.0. The second kappa shape index (κ2) is 7.47. The van der Waals surface area contributed by atoms with Gasteiger partial charge in [0, 0.05) is 23.7 Å². The average Bonchev–Trinajstić information content (AvgIpc) is 3.05. The zero-order valence-corrected chi connectivity index (χ0v) is 16.8. The summed E-state index contributed by atoms with van der Waals surface area (Å²) in [5.74, 6) is -0.801. The van der Waals surface area contributed by atoms with Crippen LogP contribution < -0.4 is 5.56 Å². The van der Waals surface area contributed by atoms with Crippen molar-refractivity contribution in [2.75, 3.05) is 0 Å². The van der Waals surface area contributed by atoms with Gasteiger partial charge in [0.1, 0.15) is 17.3 Å². The Morgan fingerprint density at radius 1 is 0.935 bits per heavy atom. The Bertz CT molecular complexity index is 1450. The molecule has 0 N–H and O–H groups in total. The lowest BCUT2D eigenvalue weighted by Crippen LogP contribution is -2.18. The molecule has 154 valence electrons. The number of fused-ring (bicyclic) bond motifs is 3. The highest BCUT2D eigenvalue weighted by Crippen LogP contribution is 2.29. The second-order valence-corrected chi connectivity index (χ2v) is 7.72. The molecule has 5 rings (SSSR count). The Morgan fingerprint density at radius 3 is 2.58 bits per heavy atom. The fraction of sp³-hybridized carbons (Fsp3) is 0.120. The van der Waals surface area contributed by atoms with Crippen molar-refractivity contribution in [3.63, 3.8) is 0 Å². The number of aryl methyl sites for hydroxylation is 1. The fourth-order valence-corrected chi connectivity index (χ4v) is 3.98. The van der Waals surface area contributed by atoms with Gasteiger partial charge in [-0.15, -0.1) is 0 Å².